The Labute approximate surface area is 171 Å². The van der Waals surface area contributed by atoms with Crippen LogP contribution in [0.15, 0.2) is 66.7 Å². The molecule has 0 saturated heterocycles. The zero-order chi connectivity index (χ0) is 20.5. The van der Waals surface area contributed by atoms with Crippen LogP contribution in [0.5, 0.6) is 5.75 Å². The van der Waals surface area contributed by atoms with E-state index in [1.807, 2.05) is 66.7 Å². The number of hydrogen-bond donors (Lipinski definition) is 3. The van der Waals surface area contributed by atoms with Gasteiger partial charge in [0.25, 0.3) is 0 Å². The Bertz CT molecular complexity index is 920. The van der Waals surface area contributed by atoms with E-state index < -0.39 is 6.10 Å². The predicted molar refractivity (Wildman–Crippen MR) is 117 cm³/mol. The highest BCUT2D eigenvalue weighted by Gasteiger charge is 2.11. The van der Waals surface area contributed by atoms with E-state index >= 15 is 0 Å². The van der Waals surface area contributed by atoms with Gasteiger partial charge in [-0.15, -0.1) is 0 Å². The van der Waals surface area contributed by atoms with E-state index in [4.69, 9.17) is 4.74 Å². The van der Waals surface area contributed by atoms with Gasteiger partial charge in [0.2, 0.25) is 0 Å². The van der Waals surface area contributed by atoms with Crippen LogP contribution in [0.1, 0.15) is 37.9 Å². The summed E-state index contributed by atoms with van der Waals surface area (Å²) in [6, 6.07) is 20.9. The van der Waals surface area contributed by atoms with Crippen molar-refractivity contribution in [2.45, 2.75) is 32.3 Å². The molecule has 3 rings (SSSR count). The summed E-state index contributed by atoms with van der Waals surface area (Å²) in [5.41, 5.74) is 1.57. The number of carbonyl (C=O) groups excluding carboxylic acids is 1. The largest absolute Gasteiger partial charge is 0.494 e. The Hall–Kier alpha value is -3.05. The fraction of sp³-hybridized carbons (Fsp3) is 0.292. The molecule has 0 fully saturated rings. The maximum absolute atomic E-state index is 12.1. The third-order valence-corrected chi connectivity index (χ3v) is 4.76. The van der Waals surface area contributed by atoms with Gasteiger partial charge in [0.05, 0.1) is 12.7 Å². The number of benzene rings is 3. The van der Waals surface area contributed by atoms with Crippen LogP contribution in [0.4, 0.5) is 10.5 Å². The molecule has 0 radical (unpaired) electrons. The molecule has 152 valence electrons. The first-order valence-corrected chi connectivity index (χ1v) is 10.1. The fourth-order valence-corrected chi connectivity index (χ4v) is 3.16. The normalized spacial score (nSPS) is 11.8. The summed E-state index contributed by atoms with van der Waals surface area (Å²) in [6.45, 7) is 3.19. The van der Waals surface area contributed by atoms with Crippen molar-refractivity contribution in [3.63, 3.8) is 0 Å². The van der Waals surface area contributed by atoms with Crippen molar-refractivity contribution in [1.82, 2.24) is 5.32 Å². The Morgan fingerprint density at radius 3 is 2.59 bits per heavy atom. The average molecular weight is 392 g/mol. The number of aliphatic hydroxyl groups is 1. The number of amides is 2. The van der Waals surface area contributed by atoms with Crippen LogP contribution in [0.3, 0.4) is 0 Å². The highest BCUT2D eigenvalue weighted by molar-refractivity contribution is 5.89. The summed E-state index contributed by atoms with van der Waals surface area (Å²) in [5.74, 6) is 0.794. The summed E-state index contributed by atoms with van der Waals surface area (Å²) in [7, 11) is 0. The Kier molecular flexibility index (Phi) is 7.47. The SMILES string of the molecule is CCCCOc1ccc(NC(=O)NCCC(O)c2cccc3ccccc23)cc1. The second kappa shape index (κ2) is 10.5. The zero-order valence-electron chi connectivity index (χ0n) is 16.7. The van der Waals surface area contributed by atoms with E-state index in [1.54, 1.807) is 0 Å². The quantitative estimate of drug-likeness (QED) is 0.435. The van der Waals surface area contributed by atoms with Gasteiger partial charge in [0.15, 0.2) is 0 Å². The maximum Gasteiger partial charge on any atom is 0.319 e. The molecule has 5 nitrogen and oxygen atoms in total. The van der Waals surface area contributed by atoms with Crippen LogP contribution in [-0.4, -0.2) is 24.3 Å². The predicted octanol–water partition coefficient (Wildman–Crippen LogP) is 5.26. The summed E-state index contributed by atoms with van der Waals surface area (Å²) in [6.07, 6.45) is 1.91. The van der Waals surface area contributed by atoms with Crippen molar-refractivity contribution < 1.29 is 14.6 Å². The van der Waals surface area contributed by atoms with Gasteiger partial charge >= 0.3 is 6.03 Å². The summed E-state index contributed by atoms with van der Waals surface area (Å²) >= 11 is 0. The molecule has 2 amide bonds. The Morgan fingerprint density at radius 1 is 1.03 bits per heavy atom. The zero-order valence-corrected chi connectivity index (χ0v) is 16.7. The van der Waals surface area contributed by atoms with Crippen molar-refractivity contribution in [2.24, 2.45) is 0 Å². The van der Waals surface area contributed by atoms with Crippen molar-refractivity contribution in [2.75, 3.05) is 18.5 Å². The lowest BCUT2D eigenvalue weighted by molar-refractivity contribution is 0.169. The van der Waals surface area contributed by atoms with Crippen LogP contribution in [0.25, 0.3) is 10.8 Å². The molecule has 0 aliphatic rings. The van der Waals surface area contributed by atoms with Crippen molar-refractivity contribution in [3.05, 3.63) is 72.3 Å². The number of unbranched alkanes of at least 4 members (excludes halogenated alkanes) is 1. The van der Waals surface area contributed by atoms with Crippen LogP contribution in [-0.2, 0) is 0 Å². The molecule has 5 heteroatoms. The Morgan fingerprint density at radius 2 is 1.79 bits per heavy atom. The number of rotatable bonds is 9. The van der Waals surface area contributed by atoms with E-state index in [0.29, 0.717) is 25.3 Å². The average Bonchev–Trinajstić information content (AvgIpc) is 2.74. The molecule has 29 heavy (non-hydrogen) atoms. The third-order valence-electron chi connectivity index (χ3n) is 4.76. The molecule has 0 aliphatic carbocycles. The molecule has 3 aromatic carbocycles. The van der Waals surface area contributed by atoms with Crippen molar-refractivity contribution >= 4 is 22.5 Å². The minimum absolute atomic E-state index is 0.297. The van der Waals surface area contributed by atoms with E-state index in [2.05, 4.69) is 17.6 Å². The van der Waals surface area contributed by atoms with Gasteiger partial charge in [-0.05, 0) is 53.4 Å². The second-order valence-electron chi connectivity index (χ2n) is 6.98. The summed E-state index contributed by atoms with van der Waals surface area (Å²) in [4.78, 5) is 12.1. The summed E-state index contributed by atoms with van der Waals surface area (Å²) in [5, 5.41) is 18.3. The standard InChI is InChI=1S/C24H28N2O3/c1-2-3-17-29-20-13-11-19(12-14-20)26-24(28)25-16-15-23(27)22-10-6-8-18-7-4-5-9-21(18)22/h4-14,23,27H,2-3,15-17H2,1H3,(H2,25,26,28). The topological polar surface area (TPSA) is 70.6 Å². The van der Waals surface area contributed by atoms with Gasteiger partial charge in [0.1, 0.15) is 5.75 Å². The second-order valence-corrected chi connectivity index (χ2v) is 6.98. The Balaban J connectivity index is 1.46. The molecule has 0 aromatic heterocycles. The minimum atomic E-state index is -0.638. The number of fused-ring (bicyclic) bond motifs is 1. The molecular formula is C24H28N2O3. The highest BCUT2D eigenvalue weighted by atomic mass is 16.5. The van der Waals surface area contributed by atoms with Gasteiger partial charge in [-0.1, -0.05) is 55.8 Å². The molecule has 0 spiro atoms. The lowest BCUT2D eigenvalue weighted by atomic mass is 9.99. The van der Waals surface area contributed by atoms with Crippen LogP contribution in [0, 0.1) is 0 Å². The molecule has 0 heterocycles. The van der Waals surface area contributed by atoms with Gasteiger partial charge in [-0.25, -0.2) is 4.79 Å². The number of anilines is 1. The smallest absolute Gasteiger partial charge is 0.319 e. The van der Waals surface area contributed by atoms with Gasteiger partial charge in [-0.2, -0.15) is 0 Å². The lowest BCUT2D eigenvalue weighted by Crippen LogP contribution is -2.30. The van der Waals surface area contributed by atoms with Crippen LogP contribution >= 0.6 is 0 Å². The molecule has 0 aliphatic heterocycles. The minimum Gasteiger partial charge on any atom is -0.494 e. The van der Waals surface area contributed by atoms with E-state index in [9.17, 15) is 9.90 Å². The van der Waals surface area contributed by atoms with Crippen molar-refractivity contribution in [1.29, 1.82) is 0 Å². The van der Waals surface area contributed by atoms with Gasteiger partial charge in [0, 0.05) is 12.2 Å². The van der Waals surface area contributed by atoms with Gasteiger partial charge in [-0.3, -0.25) is 0 Å². The van der Waals surface area contributed by atoms with Gasteiger partial charge < -0.3 is 20.5 Å². The number of hydrogen-bond acceptors (Lipinski definition) is 3. The maximum atomic E-state index is 12.1. The third kappa shape index (κ3) is 5.96. The molecule has 3 aromatic rings. The number of aliphatic hydroxyl groups excluding tert-OH is 1. The number of ether oxygens (including phenoxy) is 1. The molecule has 0 bridgehead atoms. The van der Waals surface area contributed by atoms with E-state index in [1.165, 1.54) is 0 Å². The van der Waals surface area contributed by atoms with E-state index in [-0.39, 0.29) is 6.03 Å². The fourth-order valence-electron chi connectivity index (χ4n) is 3.16. The number of carbonyl (C=O) groups is 1. The van der Waals surface area contributed by atoms with Crippen LogP contribution in [0.2, 0.25) is 0 Å². The molecule has 1 atom stereocenters. The number of nitrogens with one attached hydrogen (secondary N) is 2. The monoisotopic (exact) mass is 392 g/mol. The van der Waals surface area contributed by atoms with E-state index in [0.717, 1.165) is 34.9 Å². The summed E-state index contributed by atoms with van der Waals surface area (Å²) < 4.78 is 5.61. The first-order valence-electron chi connectivity index (χ1n) is 10.1. The first kappa shape index (κ1) is 20.7. The van der Waals surface area contributed by atoms with Crippen LogP contribution < -0.4 is 15.4 Å². The molecular weight excluding hydrogens is 364 g/mol. The molecule has 3 N–H and O–H groups in total. The van der Waals surface area contributed by atoms with Crippen molar-refractivity contribution in [3.8, 4) is 5.75 Å². The molecule has 0 saturated carbocycles. The number of urea groups is 1. The highest BCUT2D eigenvalue weighted by Crippen LogP contribution is 2.25. The lowest BCUT2D eigenvalue weighted by Gasteiger charge is -2.14. The molecule has 1 unspecified atom stereocenters. The first-order chi connectivity index (χ1) is 14.2.